The molecule has 0 radical (unpaired) electrons. The van der Waals surface area contributed by atoms with E-state index in [0.29, 0.717) is 0 Å². The van der Waals surface area contributed by atoms with Gasteiger partial charge in [-0.25, -0.2) is 9.97 Å². The molecule has 0 saturated heterocycles. The molecule has 0 aliphatic heterocycles. The van der Waals surface area contributed by atoms with Crippen molar-refractivity contribution in [3.05, 3.63) is 35.2 Å². The molecule has 3 aromatic heterocycles. The predicted molar refractivity (Wildman–Crippen MR) is 77.7 cm³/mol. The molecule has 0 unspecified atom stereocenters. The first kappa shape index (κ1) is 12.7. The molecule has 0 aliphatic carbocycles. The number of nitrogens with zero attached hydrogens (tertiary/aromatic N) is 4. The summed E-state index contributed by atoms with van der Waals surface area (Å²) in [5, 5.41) is 7.48. The number of thiophene rings is 1. The van der Waals surface area contributed by atoms with Gasteiger partial charge in [0.2, 0.25) is 0 Å². The molecule has 0 aromatic carbocycles. The van der Waals surface area contributed by atoms with E-state index < -0.39 is 0 Å². The van der Waals surface area contributed by atoms with E-state index in [9.17, 15) is 0 Å². The number of aromatic amines is 1. The van der Waals surface area contributed by atoms with E-state index in [2.05, 4.69) is 24.7 Å². The van der Waals surface area contributed by atoms with Gasteiger partial charge in [-0.3, -0.25) is 5.10 Å². The van der Waals surface area contributed by atoms with Crippen LogP contribution in [-0.2, 0) is 6.54 Å². The van der Waals surface area contributed by atoms with E-state index in [0.717, 1.165) is 32.5 Å². The van der Waals surface area contributed by atoms with Gasteiger partial charge in [-0.05, 0) is 12.1 Å². The van der Waals surface area contributed by atoms with Crippen LogP contribution in [0.4, 0.5) is 0 Å². The van der Waals surface area contributed by atoms with E-state index in [-0.39, 0.29) is 0 Å². The topological polar surface area (TPSA) is 59.4 Å². The first-order valence-corrected chi connectivity index (χ1v) is 7.76. The minimum Gasteiger partial charge on any atom is -0.329 e. The van der Waals surface area contributed by atoms with Crippen LogP contribution >= 0.6 is 34.7 Å². The van der Waals surface area contributed by atoms with E-state index in [1.54, 1.807) is 11.8 Å². The summed E-state index contributed by atoms with van der Waals surface area (Å²) in [6.07, 6.45) is 5.30. The fraction of sp³-hybridized carbons (Fsp3) is 0.182. The summed E-state index contributed by atoms with van der Waals surface area (Å²) in [6, 6.07) is 3.89. The molecule has 8 heteroatoms. The first-order chi connectivity index (χ1) is 9.33. The number of aromatic nitrogens is 5. The molecule has 0 spiro atoms. The summed E-state index contributed by atoms with van der Waals surface area (Å²) in [7, 11) is 0. The van der Waals surface area contributed by atoms with Crippen LogP contribution in [0.1, 0.15) is 0 Å². The maximum atomic E-state index is 5.96. The Morgan fingerprint density at radius 2 is 2.32 bits per heavy atom. The maximum absolute atomic E-state index is 5.96. The number of rotatable bonds is 5. The minimum atomic E-state index is 0.778. The molecule has 0 bridgehead atoms. The lowest BCUT2D eigenvalue weighted by atomic mass is 10.4. The highest BCUT2D eigenvalue weighted by Crippen LogP contribution is 2.30. The lowest BCUT2D eigenvalue weighted by molar-refractivity contribution is 0.779. The smallest absolute Gasteiger partial charge is 0.183 e. The molecule has 0 saturated carbocycles. The summed E-state index contributed by atoms with van der Waals surface area (Å²) in [5.41, 5.74) is 0. The van der Waals surface area contributed by atoms with E-state index >= 15 is 0 Å². The number of imidazole rings is 1. The average molecular weight is 312 g/mol. The van der Waals surface area contributed by atoms with Gasteiger partial charge in [0, 0.05) is 24.7 Å². The Morgan fingerprint density at radius 1 is 1.37 bits per heavy atom. The Morgan fingerprint density at radius 3 is 3.05 bits per heavy atom. The minimum absolute atomic E-state index is 0.778. The van der Waals surface area contributed by atoms with Crippen LogP contribution in [-0.4, -0.2) is 30.5 Å². The van der Waals surface area contributed by atoms with Crippen LogP contribution in [0.5, 0.6) is 0 Å². The van der Waals surface area contributed by atoms with Gasteiger partial charge in [-0.15, -0.1) is 11.3 Å². The zero-order valence-corrected chi connectivity index (χ0v) is 12.2. The second-order valence-corrected chi connectivity index (χ2v) is 6.49. The highest BCUT2D eigenvalue weighted by Gasteiger charge is 2.08. The lowest BCUT2D eigenvalue weighted by Crippen LogP contribution is -2.01. The number of nitrogens with one attached hydrogen (secondary N) is 1. The van der Waals surface area contributed by atoms with Crippen molar-refractivity contribution >= 4 is 34.7 Å². The molecular weight excluding hydrogens is 302 g/mol. The molecule has 0 atom stereocenters. The zero-order valence-electron chi connectivity index (χ0n) is 9.78. The molecule has 0 aliphatic rings. The molecule has 3 heterocycles. The van der Waals surface area contributed by atoms with Crippen LogP contribution in [0.25, 0.3) is 10.7 Å². The molecule has 0 amide bonds. The molecule has 3 rings (SSSR count). The fourth-order valence-electron chi connectivity index (χ4n) is 1.65. The number of H-pyrrole nitrogens is 1. The first-order valence-electron chi connectivity index (χ1n) is 5.58. The summed E-state index contributed by atoms with van der Waals surface area (Å²) in [6.45, 7) is 0.857. The monoisotopic (exact) mass is 311 g/mol. The SMILES string of the molecule is Clc1ccc(-c2nccn2CCSc2ncn[nH]2)s1. The number of halogens is 1. The Bertz CT molecular complexity index is 646. The van der Waals surface area contributed by atoms with Gasteiger partial charge in [0.1, 0.15) is 12.2 Å². The van der Waals surface area contributed by atoms with Gasteiger partial charge in [0.05, 0.1) is 9.21 Å². The Kier molecular flexibility index (Phi) is 3.86. The van der Waals surface area contributed by atoms with Crippen molar-refractivity contribution in [2.24, 2.45) is 0 Å². The fourth-order valence-corrected chi connectivity index (χ4v) is 3.43. The van der Waals surface area contributed by atoms with E-state index in [4.69, 9.17) is 11.6 Å². The quantitative estimate of drug-likeness (QED) is 0.735. The van der Waals surface area contributed by atoms with Crippen LogP contribution in [0.15, 0.2) is 36.0 Å². The van der Waals surface area contributed by atoms with Crippen molar-refractivity contribution in [3.63, 3.8) is 0 Å². The molecule has 98 valence electrons. The van der Waals surface area contributed by atoms with Gasteiger partial charge < -0.3 is 4.57 Å². The largest absolute Gasteiger partial charge is 0.329 e. The normalized spacial score (nSPS) is 11.0. The van der Waals surface area contributed by atoms with E-state index in [1.807, 2.05) is 24.5 Å². The van der Waals surface area contributed by atoms with Gasteiger partial charge in [0.25, 0.3) is 0 Å². The van der Waals surface area contributed by atoms with Crippen molar-refractivity contribution in [3.8, 4) is 10.7 Å². The van der Waals surface area contributed by atoms with Crippen molar-refractivity contribution in [1.82, 2.24) is 24.7 Å². The summed E-state index contributed by atoms with van der Waals surface area (Å²) in [5.74, 6) is 1.85. The Hall–Kier alpha value is -1.31. The number of hydrogen-bond donors (Lipinski definition) is 1. The highest BCUT2D eigenvalue weighted by molar-refractivity contribution is 7.99. The summed E-state index contributed by atoms with van der Waals surface area (Å²) < 4.78 is 2.89. The molecule has 0 fully saturated rings. The van der Waals surface area contributed by atoms with Crippen molar-refractivity contribution in [2.45, 2.75) is 11.7 Å². The predicted octanol–water partition coefficient (Wildman–Crippen LogP) is 3.18. The zero-order chi connectivity index (χ0) is 13.1. The number of hydrogen-bond acceptors (Lipinski definition) is 5. The summed E-state index contributed by atoms with van der Waals surface area (Å²) in [4.78, 5) is 9.54. The van der Waals surface area contributed by atoms with Gasteiger partial charge in [0.15, 0.2) is 5.16 Å². The highest BCUT2D eigenvalue weighted by atomic mass is 35.5. The number of thioether (sulfide) groups is 1. The Balaban J connectivity index is 1.67. The Labute approximate surface area is 123 Å². The van der Waals surface area contributed by atoms with Crippen LogP contribution in [0, 0.1) is 0 Å². The second kappa shape index (κ2) is 5.77. The van der Waals surface area contributed by atoms with Crippen molar-refractivity contribution in [1.29, 1.82) is 0 Å². The third kappa shape index (κ3) is 2.99. The van der Waals surface area contributed by atoms with Crippen LogP contribution in [0.2, 0.25) is 4.34 Å². The molecule has 5 nitrogen and oxygen atoms in total. The molecule has 19 heavy (non-hydrogen) atoms. The van der Waals surface area contributed by atoms with Crippen molar-refractivity contribution < 1.29 is 0 Å². The third-order valence-corrected chi connectivity index (χ3v) is 4.56. The van der Waals surface area contributed by atoms with Crippen LogP contribution in [0.3, 0.4) is 0 Å². The summed E-state index contributed by atoms with van der Waals surface area (Å²) >= 11 is 9.13. The standard InChI is InChI=1S/C11H10ClN5S2/c12-9-2-1-8(19-9)10-13-3-4-17(10)5-6-18-11-14-7-15-16-11/h1-4,7H,5-6H2,(H,14,15,16). The molecule has 3 aromatic rings. The molecular formula is C11H10ClN5S2. The third-order valence-electron chi connectivity index (χ3n) is 2.47. The van der Waals surface area contributed by atoms with Gasteiger partial charge in [-0.2, -0.15) is 5.10 Å². The van der Waals surface area contributed by atoms with Crippen LogP contribution < -0.4 is 0 Å². The van der Waals surface area contributed by atoms with Gasteiger partial charge >= 0.3 is 0 Å². The second-order valence-electron chi connectivity index (χ2n) is 3.69. The maximum Gasteiger partial charge on any atom is 0.183 e. The van der Waals surface area contributed by atoms with Crippen molar-refractivity contribution in [2.75, 3.05) is 5.75 Å². The lowest BCUT2D eigenvalue weighted by Gasteiger charge is -2.05. The average Bonchev–Trinajstić information content (AvgIpc) is 3.10. The van der Waals surface area contributed by atoms with Gasteiger partial charge in [-0.1, -0.05) is 23.4 Å². The molecule has 1 N–H and O–H groups in total. The number of aryl methyl sites for hydroxylation is 1. The van der Waals surface area contributed by atoms with E-state index in [1.165, 1.54) is 17.7 Å².